The summed E-state index contributed by atoms with van der Waals surface area (Å²) < 4.78 is 27.4. The first-order chi connectivity index (χ1) is 9.79. The van der Waals surface area contributed by atoms with E-state index < -0.39 is 16.0 Å². The van der Waals surface area contributed by atoms with Crippen molar-refractivity contribution in [3.63, 3.8) is 0 Å². The predicted octanol–water partition coefficient (Wildman–Crippen LogP) is 3.60. The quantitative estimate of drug-likeness (QED) is 0.835. The van der Waals surface area contributed by atoms with Crippen LogP contribution in [0.25, 0.3) is 0 Å². The molecule has 8 heteroatoms. The normalized spacial score (nSPS) is 11.1. The Labute approximate surface area is 134 Å². The molecule has 2 N–H and O–H groups in total. The molecule has 0 aliphatic rings. The Morgan fingerprint density at radius 3 is 2.33 bits per heavy atom. The first-order valence-corrected chi connectivity index (χ1v) is 8.26. The Morgan fingerprint density at radius 2 is 1.76 bits per heavy atom. The zero-order valence-corrected chi connectivity index (χ0v) is 13.5. The second kappa shape index (κ2) is 6.05. The van der Waals surface area contributed by atoms with Crippen molar-refractivity contribution in [2.75, 3.05) is 4.72 Å². The average Bonchev–Trinajstić information content (AvgIpc) is 2.38. The molecule has 0 aromatic heterocycles. The monoisotopic (exact) mass is 389 g/mol. The summed E-state index contributed by atoms with van der Waals surface area (Å²) in [5.41, 5.74) is -0.266. The van der Waals surface area contributed by atoms with Gasteiger partial charge in [-0.05, 0) is 42.5 Å². The number of carboxylic acids is 1. The fourth-order valence-corrected chi connectivity index (χ4v) is 3.11. The van der Waals surface area contributed by atoms with E-state index in [4.69, 9.17) is 16.7 Å². The van der Waals surface area contributed by atoms with Gasteiger partial charge in [0.2, 0.25) is 0 Å². The highest BCUT2D eigenvalue weighted by Gasteiger charge is 2.18. The molecule has 0 amide bonds. The van der Waals surface area contributed by atoms with Crippen LogP contribution < -0.4 is 4.72 Å². The van der Waals surface area contributed by atoms with Gasteiger partial charge in [-0.2, -0.15) is 0 Å². The van der Waals surface area contributed by atoms with E-state index in [1.54, 1.807) is 12.1 Å². The lowest BCUT2D eigenvalue weighted by Crippen LogP contribution is -2.15. The maximum Gasteiger partial charge on any atom is 0.337 e. The zero-order chi connectivity index (χ0) is 15.6. The van der Waals surface area contributed by atoms with Crippen molar-refractivity contribution in [2.45, 2.75) is 4.90 Å². The number of aromatic carboxylic acids is 1. The number of hydrogen-bond donors (Lipinski definition) is 2. The molecule has 2 aromatic rings. The summed E-state index contributed by atoms with van der Waals surface area (Å²) >= 11 is 8.99. The van der Waals surface area contributed by atoms with Crippen LogP contribution in [0.3, 0.4) is 0 Å². The third-order valence-corrected chi connectivity index (χ3v) is 4.73. The van der Waals surface area contributed by atoms with E-state index in [1.165, 1.54) is 30.3 Å². The highest BCUT2D eigenvalue weighted by atomic mass is 79.9. The van der Waals surface area contributed by atoms with Gasteiger partial charge in [0.15, 0.2) is 0 Å². The molecular formula is C13H9BrClNO4S. The lowest BCUT2D eigenvalue weighted by molar-refractivity contribution is 0.0698. The molecular weight excluding hydrogens is 382 g/mol. The first-order valence-electron chi connectivity index (χ1n) is 5.61. The summed E-state index contributed by atoms with van der Waals surface area (Å²) in [5, 5.41) is 9.31. The minimum atomic E-state index is -3.90. The summed E-state index contributed by atoms with van der Waals surface area (Å²) in [6.07, 6.45) is 0. The predicted molar refractivity (Wildman–Crippen MR) is 83.4 cm³/mol. The fourth-order valence-electron chi connectivity index (χ4n) is 1.60. The summed E-state index contributed by atoms with van der Waals surface area (Å²) in [6.45, 7) is 0. The molecule has 0 heterocycles. The van der Waals surface area contributed by atoms with E-state index in [0.717, 1.165) is 4.47 Å². The fraction of sp³-hybridized carbons (Fsp3) is 0. The van der Waals surface area contributed by atoms with Crippen LogP contribution in [0, 0.1) is 0 Å². The second-order valence-corrected chi connectivity index (χ2v) is 7.09. The highest BCUT2D eigenvalue weighted by Crippen LogP contribution is 2.24. The molecule has 110 valence electrons. The van der Waals surface area contributed by atoms with Crippen molar-refractivity contribution in [1.82, 2.24) is 0 Å². The van der Waals surface area contributed by atoms with Crippen molar-refractivity contribution in [3.8, 4) is 0 Å². The van der Waals surface area contributed by atoms with Crippen LogP contribution in [0.4, 0.5) is 5.69 Å². The molecule has 0 saturated carbocycles. The average molecular weight is 391 g/mol. The van der Waals surface area contributed by atoms with Crippen LogP contribution in [0.15, 0.2) is 51.8 Å². The molecule has 0 atom stereocenters. The van der Waals surface area contributed by atoms with Crippen molar-refractivity contribution >= 4 is 49.2 Å². The van der Waals surface area contributed by atoms with E-state index in [0.29, 0.717) is 0 Å². The van der Waals surface area contributed by atoms with Crippen molar-refractivity contribution in [3.05, 3.63) is 57.5 Å². The highest BCUT2D eigenvalue weighted by molar-refractivity contribution is 9.10. The van der Waals surface area contributed by atoms with Crippen LogP contribution >= 0.6 is 27.5 Å². The van der Waals surface area contributed by atoms with E-state index in [1.807, 2.05) is 0 Å². The number of benzene rings is 2. The molecule has 0 spiro atoms. The van der Waals surface area contributed by atoms with Crippen LogP contribution in [0.5, 0.6) is 0 Å². The Bertz CT molecular complexity index is 790. The van der Waals surface area contributed by atoms with Gasteiger partial charge >= 0.3 is 5.97 Å². The maximum atomic E-state index is 12.2. The van der Waals surface area contributed by atoms with Gasteiger partial charge in [-0.25, -0.2) is 13.2 Å². The largest absolute Gasteiger partial charge is 0.478 e. The summed E-state index contributed by atoms with van der Waals surface area (Å²) in [7, 11) is -3.90. The van der Waals surface area contributed by atoms with Gasteiger partial charge in [-0.1, -0.05) is 27.5 Å². The van der Waals surface area contributed by atoms with Gasteiger partial charge in [0, 0.05) is 9.50 Å². The number of carbonyl (C=O) groups is 1. The van der Waals surface area contributed by atoms with E-state index in [-0.39, 0.29) is 21.2 Å². The van der Waals surface area contributed by atoms with Crippen LogP contribution in [0.2, 0.25) is 5.02 Å². The van der Waals surface area contributed by atoms with Crippen LogP contribution in [-0.4, -0.2) is 19.5 Å². The van der Waals surface area contributed by atoms with E-state index in [2.05, 4.69) is 20.7 Å². The molecule has 0 aliphatic carbocycles. The van der Waals surface area contributed by atoms with Crippen molar-refractivity contribution < 1.29 is 18.3 Å². The molecule has 0 radical (unpaired) electrons. The Morgan fingerprint density at radius 1 is 1.14 bits per heavy atom. The lowest BCUT2D eigenvalue weighted by Gasteiger charge is -2.11. The van der Waals surface area contributed by atoms with Crippen LogP contribution in [0.1, 0.15) is 10.4 Å². The SMILES string of the molecule is O=C(O)c1ccc(Cl)cc1NS(=O)(=O)c1ccc(Br)cc1. The second-order valence-electron chi connectivity index (χ2n) is 4.05. The minimum absolute atomic E-state index is 0.0158. The smallest absolute Gasteiger partial charge is 0.337 e. The summed E-state index contributed by atoms with van der Waals surface area (Å²) in [5.74, 6) is -1.25. The number of carboxylic acid groups (broad SMARTS) is 1. The Hall–Kier alpha value is -1.57. The third kappa shape index (κ3) is 3.75. The Balaban J connectivity index is 2.43. The molecule has 0 saturated heterocycles. The van der Waals surface area contributed by atoms with Crippen molar-refractivity contribution in [1.29, 1.82) is 0 Å². The maximum absolute atomic E-state index is 12.2. The molecule has 0 aliphatic heterocycles. The molecule has 0 bridgehead atoms. The number of nitrogens with one attached hydrogen (secondary N) is 1. The van der Waals surface area contributed by atoms with Crippen LogP contribution in [-0.2, 0) is 10.0 Å². The molecule has 0 unspecified atom stereocenters. The topological polar surface area (TPSA) is 83.5 Å². The molecule has 2 aromatic carbocycles. The number of rotatable bonds is 4. The summed E-state index contributed by atoms with van der Waals surface area (Å²) in [6, 6.07) is 9.82. The van der Waals surface area contributed by atoms with E-state index >= 15 is 0 Å². The van der Waals surface area contributed by atoms with E-state index in [9.17, 15) is 13.2 Å². The number of halogens is 2. The van der Waals surface area contributed by atoms with Gasteiger partial charge in [0.05, 0.1) is 16.1 Å². The zero-order valence-electron chi connectivity index (χ0n) is 10.4. The molecule has 0 fully saturated rings. The third-order valence-electron chi connectivity index (χ3n) is 2.58. The van der Waals surface area contributed by atoms with Gasteiger partial charge in [0.25, 0.3) is 10.0 Å². The van der Waals surface area contributed by atoms with Crippen molar-refractivity contribution in [2.24, 2.45) is 0 Å². The van der Waals surface area contributed by atoms with Gasteiger partial charge in [-0.3, -0.25) is 4.72 Å². The van der Waals surface area contributed by atoms with Gasteiger partial charge in [0.1, 0.15) is 0 Å². The lowest BCUT2D eigenvalue weighted by atomic mass is 10.2. The first kappa shape index (κ1) is 15.8. The minimum Gasteiger partial charge on any atom is -0.478 e. The molecule has 2 rings (SSSR count). The molecule has 21 heavy (non-hydrogen) atoms. The summed E-state index contributed by atoms with van der Waals surface area (Å²) in [4.78, 5) is 11.1. The Kier molecular flexibility index (Phi) is 4.55. The number of hydrogen-bond acceptors (Lipinski definition) is 3. The number of anilines is 1. The van der Waals surface area contributed by atoms with Gasteiger partial charge in [-0.15, -0.1) is 0 Å². The molecule has 5 nitrogen and oxygen atoms in total. The standard InChI is InChI=1S/C13H9BrClNO4S/c14-8-1-4-10(5-2-8)21(19,20)16-12-7-9(15)3-6-11(12)13(17)18/h1-7,16H,(H,17,18). The number of sulfonamides is 1. The van der Waals surface area contributed by atoms with Gasteiger partial charge < -0.3 is 5.11 Å².